The molecule has 3 rings (SSSR count). The first-order valence-corrected chi connectivity index (χ1v) is 12.7. The van der Waals surface area contributed by atoms with Crippen molar-refractivity contribution in [1.82, 2.24) is 4.31 Å². The molecule has 1 N–H and O–H groups in total. The second-order valence-corrected chi connectivity index (χ2v) is 11.0. The van der Waals surface area contributed by atoms with Crippen molar-refractivity contribution in [3.8, 4) is 11.1 Å². The Morgan fingerprint density at radius 1 is 0.758 bits per heavy atom. The van der Waals surface area contributed by atoms with Crippen LogP contribution in [0.3, 0.4) is 0 Å². The number of hydrogen-bond donors (Lipinski definition) is 1. The number of anilines is 1. The molecule has 0 radical (unpaired) electrons. The lowest BCUT2D eigenvalue weighted by Gasteiger charge is -2.25. The molecule has 1 amide bonds. The molecule has 0 heterocycles. The summed E-state index contributed by atoms with van der Waals surface area (Å²) in [5.41, 5.74) is 3.20. The van der Waals surface area contributed by atoms with Gasteiger partial charge in [-0.3, -0.25) is 4.79 Å². The van der Waals surface area contributed by atoms with Crippen molar-refractivity contribution < 1.29 is 13.2 Å². The van der Waals surface area contributed by atoms with Crippen molar-refractivity contribution in [2.24, 2.45) is 11.8 Å². The van der Waals surface area contributed by atoms with E-state index < -0.39 is 10.0 Å². The van der Waals surface area contributed by atoms with E-state index in [2.05, 4.69) is 5.32 Å². The lowest BCUT2D eigenvalue weighted by atomic mass is 10.0. The van der Waals surface area contributed by atoms with Crippen LogP contribution in [0.1, 0.15) is 38.1 Å². The summed E-state index contributed by atoms with van der Waals surface area (Å²) in [5, 5.41) is 2.84. The van der Waals surface area contributed by atoms with E-state index in [0.29, 0.717) is 24.3 Å². The maximum atomic E-state index is 13.1. The van der Waals surface area contributed by atoms with Gasteiger partial charge in [-0.2, -0.15) is 4.31 Å². The molecule has 0 aromatic heterocycles. The highest BCUT2D eigenvalue weighted by Gasteiger charge is 2.25. The molecule has 0 spiro atoms. The van der Waals surface area contributed by atoms with Gasteiger partial charge in [-0.1, -0.05) is 70.2 Å². The molecule has 0 aliphatic rings. The molecule has 174 valence electrons. The molecule has 0 saturated carbocycles. The number of carbonyl (C=O) groups is 1. The molecule has 33 heavy (non-hydrogen) atoms. The Labute approximate surface area is 197 Å². The lowest BCUT2D eigenvalue weighted by molar-refractivity contribution is 0.102. The average molecular weight is 465 g/mol. The van der Waals surface area contributed by atoms with Crippen LogP contribution < -0.4 is 5.32 Å². The highest BCUT2D eigenvalue weighted by Crippen LogP contribution is 2.22. The molecule has 0 saturated heterocycles. The Hall–Kier alpha value is -2.96. The van der Waals surface area contributed by atoms with E-state index in [-0.39, 0.29) is 22.6 Å². The molecular formula is C27H32N2O3S. The van der Waals surface area contributed by atoms with Crippen LogP contribution >= 0.6 is 0 Å². The van der Waals surface area contributed by atoms with Crippen LogP contribution in [0.5, 0.6) is 0 Å². The van der Waals surface area contributed by atoms with Gasteiger partial charge < -0.3 is 5.32 Å². The first-order valence-electron chi connectivity index (χ1n) is 11.2. The Balaban J connectivity index is 1.71. The molecule has 3 aromatic carbocycles. The monoisotopic (exact) mass is 464 g/mol. The summed E-state index contributed by atoms with van der Waals surface area (Å²) in [7, 11) is -3.60. The first kappa shape index (κ1) is 24.7. The first-order chi connectivity index (χ1) is 15.7. The van der Waals surface area contributed by atoms with E-state index in [9.17, 15) is 13.2 Å². The van der Waals surface area contributed by atoms with E-state index in [1.807, 2.05) is 70.2 Å². The number of hydrogen-bond acceptors (Lipinski definition) is 3. The SMILES string of the molecule is CC(C)CN(CC(C)C)S(=O)(=O)c1ccc(NC(=O)c2ccc(-c3ccccc3)cc2)cc1. The van der Waals surface area contributed by atoms with Crippen LogP contribution in [0.15, 0.2) is 83.8 Å². The van der Waals surface area contributed by atoms with Gasteiger partial charge in [0.15, 0.2) is 0 Å². The lowest BCUT2D eigenvalue weighted by Crippen LogP contribution is -2.37. The molecule has 0 aliphatic heterocycles. The quantitative estimate of drug-likeness (QED) is 0.428. The number of carbonyl (C=O) groups excluding carboxylic acids is 1. The maximum absolute atomic E-state index is 13.1. The minimum atomic E-state index is -3.60. The van der Waals surface area contributed by atoms with Crippen LogP contribution in [0.4, 0.5) is 5.69 Å². The Bertz CT molecular complexity index is 1140. The van der Waals surface area contributed by atoms with E-state index in [1.165, 1.54) is 0 Å². The third-order valence-corrected chi connectivity index (χ3v) is 6.99. The summed E-state index contributed by atoms with van der Waals surface area (Å²) < 4.78 is 27.8. The summed E-state index contributed by atoms with van der Waals surface area (Å²) in [6.07, 6.45) is 0. The van der Waals surface area contributed by atoms with Crippen molar-refractivity contribution in [1.29, 1.82) is 0 Å². The van der Waals surface area contributed by atoms with Gasteiger partial charge in [0.25, 0.3) is 5.91 Å². The van der Waals surface area contributed by atoms with Crippen LogP contribution in [-0.2, 0) is 10.0 Å². The zero-order valence-electron chi connectivity index (χ0n) is 19.7. The normalized spacial score (nSPS) is 11.8. The minimum absolute atomic E-state index is 0.227. The fraction of sp³-hybridized carbons (Fsp3) is 0.296. The second kappa shape index (κ2) is 10.8. The number of nitrogens with one attached hydrogen (secondary N) is 1. The largest absolute Gasteiger partial charge is 0.322 e. The van der Waals surface area contributed by atoms with E-state index in [1.54, 1.807) is 40.7 Å². The number of amides is 1. The smallest absolute Gasteiger partial charge is 0.255 e. The molecule has 0 bridgehead atoms. The highest BCUT2D eigenvalue weighted by atomic mass is 32.2. The van der Waals surface area contributed by atoms with Gasteiger partial charge in [0.05, 0.1) is 4.90 Å². The summed E-state index contributed by atoms with van der Waals surface area (Å²) in [4.78, 5) is 12.9. The molecule has 0 unspecified atom stereocenters. The Morgan fingerprint density at radius 3 is 1.79 bits per heavy atom. The number of sulfonamides is 1. The highest BCUT2D eigenvalue weighted by molar-refractivity contribution is 7.89. The van der Waals surface area contributed by atoms with Crippen molar-refractivity contribution in [3.05, 3.63) is 84.4 Å². The second-order valence-electron chi connectivity index (χ2n) is 9.03. The van der Waals surface area contributed by atoms with Gasteiger partial charge in [-0.05, 0) is 59.4 Å². The molecular weight excluding hydrogens is 432 g/mol. The number of nitrogens with zero attached hydrogens (tertiary/aromatic N) is 1. The number of benzene rings is 3. The van der Waals surface area contributed by atoms with E-state index >= 15 is 0 Å². The number of rotatable bonds is 9. The fourth-order valence-corrected chi connectivity index (χ4v) is 5.36. The third kappa shape index (κ3) is 6.53. The van der Waals surface area contributed by atoms with Crippen molar-refractivity contribution in [3.63, 3.8) is 0 Å². The fourth-order valence-electron chi connectivity index (χ4n) is 3.59. The van der Waals surface area contributed by atoms with Crippen molar-refractivity contribution in [2.45, 2.75) is 32.6 Å². The van der Waals surface area contributed by atoms with Crippen molar-refractivity contribution >= 4 is 21.6 Å². The van der Waals surface area contributed by atoms with Crippen LogP contribution in [0.2, 0.25) is 0 Å². The summed E-state index contributed by atoms with van der Waals surface area (Å²) in [5.74, 6) is 0.210. The van der Waals surface area contributed by atoms with Crippen LogP contribution in [-0.4, -0.2) is 31.7 Å². The zero-order valence-corrected chi connectivity index (χ0v) is 20.5. The summed E-state index contributed by atoms with van der Waals surface area (Å²) in [6.45, 7) is 8.97. The van der Waals surface area contributed by atoms with Crippen LogP contribution in [0, 0.1) is 11.8 Å². The van der Waals surface area contributed by atoms with Crippen LogP contribution in [0.25, 0.3) is 11.1 Å². The van der Waals surface area contributed by atoms with Crippen molar-refractivity contribution in [2.75, 3.05) is 18.4 Å². The molecule has 5 nitrogen and oxygen atoms in total. The molecule has 0 atom stereocenters. The molecule has 3 aromatic rings. The third-order valence-electron chi connectivity index (χ3n) is 5.14. The predicted octanol–water partition coefficient (Wildman–Crippen LogP) is 5.91. The van der Waals surface area contributed by atoms with Gasteiger partial charge in [0.1, 0.15) is 0 Å². The summed E-state index contributed by atoms with van der Waals surface area (Å²) >= 11 is 0. The summed E-state index contributed by atoms with van der Waals surface area (Å²) in [6, 6.07) is 23.7. The molecule has 6 heteroatoms. The predicted molar refractivity (Wildman–Crippen MR) is 135 cm³/mol. The van der Waals surface area contributed by atoms with Gasteiger partial charge in [-0.25, -0.2) is 8.42 Å². The maximum Gasteiger partial charge on any atom is 0.255 e. The topological polar surface area (TPSA) is 66.5 Å². The van der Waals surface area contributed by atoms with Gasteiger partial charge in [0, 0.05) is 24.3 Å². The Kier molecular flexibility index (Phi) is 8.06. The van der Waals surface area contributed by atoms with Gasteiger partial charge in [-0.15, -0.1) is 0 Å². The van der Waals surface area contributed by atoms with E-state index in [4.69, 9.17) is 0 Å². The molecule has 0 aliphatic carbocycles. The Morgan fingerprint density at radius 2 is 1.27 bits per heavy atom. The molecule has 0 fully saturated rings. The zero-order chi connectivity index (χ0) is 24.0. The van der Waals surface area contributed by atoms with Gasteiger partial charge >= 0.3 is 0 Å². The minimum Gasteiger partial charge on any atom is -0.322 e. The average Bonchev–Trinajstić information content (AvgIpc) is 2.79. The van der Waals surface area contributed by atoms with Gasteiger partial charge in [0.2, 0.25) is 10.0 Å². The standard InChI is InChI=1S/C27H32N2O3S/c1-20(2)18-29(19-21(3)4)33(31,32)26-16-14-25(15-17-26)28-27(30)24-12-10-23(11-13-24)22-8-6-5-7-9-22/h5-17,20-21H,18-19H2,1-4H3,(H,28,30). The van der Waals surface area contributed by atoms with E-state index in [0.717, 1.165) is 11.1 Å².